The zero-order valence-electron chi connectivity index (χ0n) is 9.89. The van der Waals surface area contributed by atoms with E-state index in [-0.39, 0.29) is 0 Å². The fourth-order valence-corrected chi connectivity index (χ4v) is 2.81. The van der Waals surface area contributed by atoms with Crippen LogP contribution in [-0.4, -0.2) is 26.8 Å². The molecule has 0 radical (unpaired) electrons. The van der Waals surface area contributed by atoms with Gasteiger partial charge in [0.1, 0.15) is 0 Å². The van der Waals surface area contributed by atoms with Crippen molar-refractivity contribution in [2.75, 3.05) is 11.6 Å². The maximum Gasteiger partial charge on any atom is 0.175 e. The van der Waals surface area contributed by atoms with E-state index in [0.717, 1.165) is 24.9 Å². The van der Waals surface area contributed by atoms with Gasteiger partial charge in [0.25, 0.3) is 0 Å². The molecule has 3 N–H and O–H groups in total. The first kappa shape index (κ1) is 12.4. The molecule has 0 aromatic heterocycles. The van der Waals surface area contributed by atoms with E-state index >= 15 is 0 Å². The van der Waals surface area contributed by atoms with Crippen LogP contribution in [0.2, 0.25) is 0 Å². The van der Waals surface area contributed by atoms with E-state index in [1.807, 2.05) is 0 Å². The Balaban J connectivity index is 2.04. The van der Waals surface area contributed by atoms with Crippen molar-refractivity contribution in [2.24, 2.45) is 5.73 Å². The zero-order chi connectivity index (χ0) is 12.5. The van der Waals surface area contributed by atoms with Crippen molar-refractivity contribution < 1.29 is 8.42 Å². The van der Waals surface area contributed by atoms with Crippen molar-refractivity contribution >= 4 is 15.5 Å². The van der Waals surface area contributed by atoms with Gasteiger partial charge in [-0.15, -0.1) is 0 Å². The Bertz CT molecular complexity index is 482. The van der Waals surface area contributed by atoms with Crippen LogP contribution in [0.1, 0.15) is 19.3 Å². The highest BCUT2D eigenvalue weighted by molar-refractivity contribution is 7.90. The Morgan fingerprint density at radius 3 is 2.35 bits per heavy atom. The van der Waals surface area contributed by atoms with E-state index in [0.29, 0.717) is 17.0 Å². The molecule has 0 saturated heterocycles. The van der Waals surface area contributed by atoms with Crippen molar-refractivity contribution in [3.05, 3.63) is 24.3 Å². The molecule has 1 fully saturated rings. The molecular formula is C12H18N2O2S. The second-order valence-electron chi connectivity index (χ2n) is 4.71. The van der Waals surface area contributed by atoms with Gasteiger partial charge in [-0.25, -0.2) is 8.42 Å². The summed E-state index contributed by atoms with van der Waals surface area (Å²) >= 11 is 0. The van der Waals surface area contributed by atoms with Crippen molar-refractivity contribution in [2.45, 2.75) is 36.2 Å². The van der Waals surface area contributed by atoms with Gasteiger partial charge in [0.2, 0.25) is 0 Å². The number of sulfone groups is 1. The number of nitrogens with one attached hydrogen (secondary N) is 1. The lowest BCUT2D eigenvalue weighted by molar-refractivity contribution is 0.602. The normalized spacial score (nSPS) is 24.8. The van der Waals surface area contributed by atoms with E-state index in [9.17, 15) is 8.42 Å². The SMILES string of the molecule is CS(=O)(=O)c1ccc(NC2CCC(N)C2)cc1. The smallest absolute Gasteiger partial charge is 0.175 e. The van der Waals surface area contributed by atoms with Crippen molar-refractivity contribution in [1.29, 1.82) is 0 Å². The third-order valence-corrected chi connectivity index (χ3v) is 4.25. The van der Waals surface area contributed by atoms with Crippen molar-refractivity contribution in [3.8, 4) is 0 Å². The van der Waals surface area contributed by atoms with E-state index in [2.05, 4.69) is 5.32 Å². The molecule has 1 aromatic rings. The summed E-state index contributed by atoms with van der Waals surface area (Å²) in [6.07, 6.45) is 4.33. The van der Waals surface area contributed by atoms with Crippen LogP contribution in [0.5, 0.6) is 0 Å². The van der Waals surface area contributed by atoms with Crippen LogP contribution in [-0.2, 0) is 9.84 Å². The van der Waals surface area contributed by atoms with E-state index in [1.54, 1.807) is 24.3 Å². The Morgan fingerprint density at radius 2 is 1.88 bits per heavy atom. The maximum atomic E-state index is 11.3. The first-order chi connectivity index (χ1) is 7.95. The molecule has 17 heavy (non-hydrogen) atoms. The lowest BCUT2D eigenvalue weighted by atomic mass is 10.2. The van der Waals surface area contributed by atoms with Gasteiger partial charge in [0, 0.05) is 24.0 Å². The zero-order valence-corrected chi connectivity index (χ0v) is 10.7. The molecule has 0 bridgehead atoms. The van der Waals surface area contributed by atoms with Crippen LogP contribution >= 0.6 is 0 Å². The van der Waals surface area contributed by atoms with E-state index < -0.39 is 9.84 Å². The average molecular weight is 254 g/mol. The van der Waals surface area contributed by atoms with Gasteiger partial charge in [-0.05, 0) is 43.5 Å². The Kier molecular flexibility index (Phi) is 3.40. The third kappa shape index (κ3) is 3.20. The average Bonchev–Trinajstić information content (AvgIpc) is 2.63. The first-order valence-corrected chi connectivity index (χ1v) is 7.66. The lowest BCUT2D eigenvalue weighted by Crippen LogP contribution is -2.20. The molecule has 2 unspecified atom stereocenters. The molecule has 1 saturated carbocycles. The van der Waals surface area contributed by atoms with Crippen molar-refractivity contribution in [3.63, 3.8) is 0 Å². The van der Waals surface area contributed by atoms with Crippen LogP contribution in [0.15, 0.2) is 29.2 Å². The summed E-state index contributed by atoms with van der Waals surface area (Å²) in [5, 5.41) is 3.38. The van der Waals surface area contributed by atoms with Crippen LogP contribution in [0.25, 0.3) is 0 Å². The molecule has 1 aliphatic rings. The minimum absolute atomic E-state index is 0.294. The topological polar surface area (TPSA) is 72.2 Å². The highest BCUT2D eigenvalue weighted by Gasteiger charge is 2.21. The quantitative estimate of drug-likeness (QED) is 0.855. The number of rotatable bonds is 3. The van der Waals surface area contributed by atoms with Gasteiger partial charge in [-0.3, -0.25) is 0 Å². The molecule has 4 nitrogen and oxygen atoms in total. The van der Waals surface area contributed by atoms with E-state index in [4.69, 9.17) is 5.73 Å². The minimum atomic E-state index is -3.10. The molecule has 2 rings (SSSR count). The molecule has 94 valence electrons. The second-order valence-corrected chi connectivity index (χ2v) is 6.73. The standard InChI is InChI=1S/C12H18N2O2S/c1-17(15,16)12-6-4-10(5-7-12)14-11-3-2-9(13)8-11/h4-7,9,11,14H,2-3,8,13H2,1H3. The molecule has 0 aliphatic heterocycles. The summed E-state index contributed by atoms with van der Waals surface area (Å²) < 4.78 is 22.6. The predicted octanol–water partition coefficient (Wildman–Crippen LogP) is 1.38. The number of hydrogen-bond acceptors (Lipinski definition) is 4. The first-order valence-electron chi connectivity index (χ1n) is 5.77. The third-order valence-electron chi connectivity index (χ3n) is 3.13. The molecular weight excluding hydrogens is 236 g/mol. The molecule has 0 heterocycles. The molecule has 2 atom stereocenters. The summed E-state index contributed by atoms with van der Waals surface area (Å²) in [5.41, 5.74) is 6.80. The summed E-state index contributed by atoms with van der Waals surface area (Å²) in [5.74, 6) is 0. The number of anilines is 1. The molecule has 0 amide bonds. The van der Waals surface area contributed by atoms with Crippen LogP contribution in [0.4, 0.5) is 5.69 Å². The van der Waals surface area contributed by atoms with Crippen LogP contribution < -0.4 is 11.1 Å². The monoisotopic (exact) mass is 254 g/mol. The Morgan fingerprint density at radius 1 is 1.24 bits per heavy atom. The largest absolute Gasteiger partial charge is 0.382 e. The van der Waals surface area contributed by atoms with Gasteiger partial charge < -0.3 is 11.1 Å². The van der Waals surface area contributed by atoms with Crippen LogP contribution in [0.3, 0.4) is 0 Å². The predicted molar refractivity (Wildman–Crippen MR) is 68.8 cm³/mol. The number of hydrogen-bond donors (Lipinski definition) is 2. The molecule has 1 aromatic carbocycles. The van der Waals surface area contributed by atoms with Crippen LogP contribution in [0, 0.1) is 0 Å². The highest BCUT2D eigenvalue weighted by atomic mass is 32.2. The van der Waals surface area contributed by atoms with Gasteiger partial charge in [-0.1, -0.05) is 0 Å². The van der Waals surface area contributed by atoms with E-state index in [1.165, 1.54) is 6.26 Å². The molecule has 0 spiro atoms. The maximum absolute atomic E-state index is 11.3. The van der Waals surface area contributed by atoms with Crippen molar-refractivity contribution in [1.82, 2.24) is 0 Å². The summed E-state index contributed by atoms with van der Waals surface area (Å²) in [6, 6.07) is 7.58. The number of nitrogens with two attached hydrogens (primary N) is 1. The molecule has 1 aliphatic carbocycles. The fraction of sp³-hybridized carbons (Fsp3) is 0.500. The van der Waals surface area contributed by atoms with Gasteiger partial charge in [-0.2, -0.15) is 0 Å². The Labute approximate surface area is 102 Å². The summed E-state index contributed by atoms with van der Waals surface area (Å²) in [4.78, 5) is 0.353. The minimum Gasteiger partial charge on any atom is -0.382 e. The summed E-state index contributed by atoms with van der Waals surface area (Å²) in [7, 11) is -3.10. The lowest BCUT2D eigenvalue weighted by Gasteiger charge is -2.14. The fourth-order valence-electron chi connectivity index (χ4n) is 2.18. The second kappa shape index (κ2) is 4.66. The Hall–Kier alpha value is -1.07. The van der Waals surface area contributed by atoms with Gasteiger partial charge >= 0.3 is 0 Å². The highest BCUT2D eigenvalue weighted by Crippen LogP contribution is 2.22. The molecule has 5 heteroatoms. The van der Waals surface area contributed by atoms with Gasteiger partial charge in [0.05, 0.1) is 4.90 Å². The van der Waals surface area contributed by atoms with Gasteiger partial charge in [0.15, 0.2) is 9.84 Å². The summed E-state index contributed by atoms with van der Waals surface area (Å²) in [6.45, 7) is 0. The number of benzene rings is 1.